The van der Waals surface area contributed by atoms with Gasteiger partial charge in [-0.1, -0.05) is 6.07 Å². The summed E-state index contributed by atoms with van der Waals surface area (Å²) >= 11 is 0. The zero-order valence-electron chi connectivity index (χ0n) is 10.5. The molecule has 1 aromatic carbocycles. The maximum absolute atomic E-state index is 13.3. The molecule has 3 nitrogen and oxygen atoms in total. The van der Waals surface area contributed by atoms with Gasteiger partial charge in [-0.25, -0.2) is 9.37 Å². The van der Waals surface area contributed by atoms with Gasteiger partial charge in [0.1, 0.15) is 11.6 Å². The quantitative estimate of drug-likeness (QED) is 0.902. The molecule has 0 spiro atoms. The van der Waals surface area contributed by atoms with E-state index in [0.717, 1.165) is 17.1 Å². The van der Waals surface area contributed by atoms with Gasteiger partial charge in [-0.05, 0) is 43.7 Å². The number of anilines is 3. The number of aryl methyl sites for hydroxylation is 1. The average Bonchev–Trinajstić information content (AvgIpc) is 2.35. The Kier molecular flexibility index (Phi) is 3.46. The first kappa shape index (κ1) is 12.4. The lowest BCUT2D eigenvalue weighted by molar-refractivity contribution is 0.627. The summed E-state index contributed by atoms with van der Waals surface area (Å²) in [5, 5.41) is 0. The number of rotatable bonds is 3. The SMILES string of the molecule is CCN(c1cccc(F)c1)c1cc(C)c(N)cn1. The maximum Gasteiger partial charge on any atom is 0.133 e. The zero-order valence-corrected chi connectivity index (χ0v) is 10.5. The van der Waals surface area contributed by atoms with Crippen LogP contribution in [0.1, 0.15) is 12.5 Å². The predicted octanol–water partition coefficient (Wildman–Crippen LogP) is 3.27. The minimum atomic E-state index is -0.252. The van der Waals surface area contributed by atoms with Crippen LogP contribution in [0.15, 0.2) is 36.5 Å². The molecule has 1 aromatic heterocycles. The number of aromatic nitrogens is 1. The van der Waals surface area contributed by atoms with Crippen molar-refractivity contribution < 1.29 is 4.39 Å². The van der Waals surface area contributed by atoms with Gasteiger partial charge in [0, 0.05) is 12.2 Å². The van der Waals surface area contributed by atoms with Crippen molar-refractivity contribution in [3.8, 4) is 0 Å². The molecule has 4 heteroatoms. The highest BCUT2D eigenvalue weighted by atomic mass is 19.1. The van der Waals surface area contributed by atoms with Crippen molar-refractivity contribution >= 4 is 17.2 Å². The summed E-state index contributed by atoms with van der Waals surface area (Å²) in [7, 11) is 0. The van der Waals surface area contributed by atoms with Crippen LogP contribution >= 0.6 is 0 Å². The van der Waals surface area contributed by atoms with Crippen LogP contribution in [0.2, 0.25) is 0 Å². The summed E-state index contributed by atoms with van der Waals surface area (Å²) in [4.78, 5) is 6.23. The van der Waals surface area contributed by atoms with E-state index in [9.17, 15) is 4.39 Å². The first-order valence-electron chi connectivity index (χ1n) is 5.87. The van der Waals surface area contributed by atoms with Gasteiger partial charge in [0.2, 0.25) is 0 Å². The Balaban J connectivity index is 2.42. The lowest BCUT2D eigenvalue weighted by Gasteiger charge is -2.22. The van der Waals surface area contributed by atoms with E-state index >= 15 is 0 Å². The average molecular weight is 245 g/mol. The lowest BCUT2D eigenvalue weighted by Crippen LogP contribution is -2.17. The molecule has 0 unspecified atom stereocenters. The van der Waals surface area contributed by atoms with E-state index in [1.807, 2.05) is 30.9 Å². The standard InChI is InChI=1S/C14H16FN3/c1-3-18(12-6-4-5-11(15)8-12)14-7-10(2)13(16)9-17-14/h4-9H,3,16H2,1-2H3. The highest BCUT2D eigenvalue weighted by molar-refractivity contribution is 5.62. The fraction of sp³-hybridized carbons (Fsp3) is 0.214. The topological polar surface area (TPSA) is 42.1 Å². The number of halogens is 1. The highest BCUT2D eigenvalue weighted by Gasteiger charge is 2.10. The van der Waals surface area contributed by atoms with Crippen molar-refractivity contribution in [1.29, 1.82) is 0 Å². The van der Waals surface area contributed by atoms with Crippen LogP contribution in [-0.2, 0) is 0 Å². The van der Waals surface area contributed by atoms with Gasteiger partial charge in [-0.15, -0.1) is 0 Å². The van der Waals surface area contributed by atoms with Crippen LogP contribution in [0.25, 0.3) is 0 Å². The van der Waals surface area contributed by atoms with Gasteiger partial charge < -0.3 is 10.6 Å². The Morgan fingerprint density at radius 3 is 2.72 bits per heavy atom. The molecule has 2 rings (SSSR count). The van der Waals surface area contributed by atoms with E-state index in [1.54, 1.807) is 12.3 Å². The number of pyridine rings is 1. The largest absolute Gasteiger partial charge is 0.397 e. The number of nitrogen functional groups attached to an aromatic ring is 1. The summed E-state index contributed by atoms with van der Waals surface area (Å²) in [6, 6.07) is 8.39. The Morgan fingerprint density at radius 2 is 2.11 bits per heavy atom. The van der Waals surface area contributed by atoms with Crippen LogP contribution in [0.5, 0.6) is 0 Å². The first-order chi connectivity index (χ1) is 8.61. The molecule has 0 fully saturated rings. The molecule has 18 heavy (non-hydrogen) atoms. The van der Waals surface area contributed by atoms with Crippen molar-refractivity contribution in [2.24, 2.45) is 0 Å². The third kappa shape index (κ3) is 2.42. The van der Waals surface area contributed by atoms with Crippen LogP contribution in [-0.4, -0.2) is 11.5 Å². The summed E-state index contributed by atoms with van der Waals surface area (Å²) < 4.78 is 13.3. The Morgan fingerprint density at radius 1 is 1.33 bits per heavy atom. The number of nitrogens with zero attached hydrogens (tertiary/aromatic N) is 2. The van der Waals surface area contributed by atoms with E-state index in [0.29, 0.717) is 12.2 Å². The molecule has 0 atom stereocenters. The van der Waals surface area contributed by atoms with Crippen molar-refractivity contribution in [3.63, 3.8) is 0 Å². The maximum atomic E-state index is 13.3. The Labute approximate surface area is 106 Å². The highest BCUT2D eigenvalue weighted by Crippen LogP contribution is 2.25. The van der Waals surface area contributed by atoms with Crippen molar-refractivity contribution in [3.05, 3.63) is 47.9 Å². The molecule has 0 saturated heterocycles. The second-order valence-corrected chi connectivity index (χ2v) is 4.12. The van der Waals surface area contributed by atoms with E-state index in [2.05, 4.69) is 4.98 Å². The molecule has 0 radical (unpaired) electrons. The minimum Gasteiger partial charge on any atom is -0.397 e. The Hall–Kier alpha value is -2.10. The van der Waals surface area contributed by atoms with Gasteiger partial charge in [-0.2, -0.15) is 0 Å². The number of nitrogens with two attached hydrogens (primary N) is 1. The van der Waals surface area contributed by atoms with Crippen molar-refractivity contribution in [2.45, 2.75) is 13.8 Å². The zero-order chi connectivity index (χ0) is 13.1. The second kappa shape index (κ2) is 5.04. The van der Waals surface area contributed by atoms with Crippen LogP contribution in [0, 0.1) is 12.7 Å². The second-order valence-electron chi connectivity index (χ2n) is 4.12. The van der Waals surface area contributed by atoms with Gasteiger partial charge in [-0.3, -0.25) is 0 Å². The van der Waals surface area contributed by atoms with E-state index in [4.69, 9.17) is 5.73 Å². The summed E-state index contributed by atoms with van der Waals surface area (Å²) in [5.41, 5.74) is 8.17. The molecule has 2 aromatic rings. The fourth-order valence-electron chi connectivity index (χ4n) is 1.82. The molecular formula is C14H16FN3. The number of hydrogen-bond donors (Lipinski definition) is 1. The molecular weight excluding hydrogens is 229 g/mol. The smallest absolute Gasteiger partial charge is 0.133 e. The molecule has 0 aliphatic rings. The molecule has 0 aliphatic carbocycles. The monoisotopic (exact) mass is 245 g/mol. The van der Waals surface area contributed by atoms with Crippen molar-refractivity contribution in [1.82, 2.24) is 4.98 Å². The molecule has 0 aliphatic heterocycles. The molecule has 0 amide bonds. The normalized spacial score (nSPS) is 10.4. The summed E-state index contributed by atoms with van der Waals surface area (Å²) in [6.07, 6.45) is 1.63. The van der Waals surface area contributed by atoms with E-state index in [1.165, 1.54) is 12.1 Å². The van der Waals surface area contributed by atoms with Crippen LogP contribution in [0.3, 0.4) is 0 Å². The summed E-state index contributed by atoms with van der Waals surface area (Å²) in [6.45, 7) is 4.64. The van der Waals surface area contributed by atoms with E-state index < -0.39 is 0 Å². The van der Waals surface area contributed by atoms with E-state index in [-0.39, 0.29) is 5.82 Å². The number of benzene rings is 1. The fourth-order valence-corrected chi connectivity index (χ4v) is 1.82. The summed E-state index contributed by atoms with van der Waals surface area (Å²) in [5.74, 6) is 0.521. The minimum absolute atomic E-state index is 0.252. The van der Waals surface area contributed by atoms with Crippen LogP contribution < -0.4 is 10.6 Å². The van der Waals surface area contributed by atoms with Gasteiger partial charge in [0.25, 0.3) is 0 Å². The molecule has 1 heterocycles. The lowest BCUT2D eigenvalue weighted by atomic mass is 10.2. The van der Waals surface area contributed by atoms with Gasteiger partial charge >= 0.3 is 0 Å². The van der Waals surface area contributed by atoms with Gasteiger partial charge in [0.15, 0.2) is 0 Å². The molecule has 94 valence electrons. The predicted molar refractivity (Wildman–Crippen MR) is 72.5 cm³/mol. The third-order valence-corrected chi connectivity index (χ3v) is 2.85. The van der Waals surface area contributed by atoms with Crippen LogP contribution in [0.4, 0.5) is 21.6 Å². The van der Waals surface area contributed by atoms with Crippen molar-refractivity contribution in [2.75, 3.05) is 17.2 Å². The number of hydrogen-bond acceptors (Lipinski definition) is 3. The molecule has 0 bridgehead atoms. The molecule has 2 N–H and O–H groups in total. The van der Waals surface area contributed by atoms with Gasteiger partial charge in [0.05, 0.1) is 11.9 Å². The Bertz CT molecular complexity index is 554. The third-order valence-electron chi connectivity index (χ3n) is 2.85. The molecule has 0 saturated carbocycles. The first-order valence-corrected chi connectivity index (χ1v) is 5.87.